The Bertz CT molecular complexity index is 956. The normalized spacial score (nSPS) is 14.6. The maximum atomic E-state index is 12.3. The molecule has 1 atom stereocenters. The highest BCUT2D eigenvalue weighted by Gasteiger charge is 2.14. The zero-order valence-corrected chi connectivity index (χ0v) is 18.3. The van der Waals surface area contributed by atoms with Gasteiger partial charge in [-0.1, -0.05) is 24.1 Å². The van der Waals surface area contributed by atoms with E-state index >= 15 is 0 Å². The molecule has 0 bridgehead atoms. The third-order valence-corrected chi connectivity index (χ3v) is 5.23. The molecular formula is C25H31N5O. The van der Waals surface area contributed by atoms with E-state index < -0.39 is 0 Å². The first-order valence-corrected chi connectivity index (χ1v) is 10.9. The van der Waals surface area contributed by atoms with Gasteiger partial charge in [0, 0.05) is 36.6 Å². The molecule has 31 heavy (non-hydrogen) atoms. The number of carbonyl (C=O) groups excluding carboxylic acids is 1. The number of nitrogens with one attached hydrogen (secondary N) is 3. The van der Waals surface area contributed by atoms with E-state index in [0.717, 1.165) is 18.7 Å². The second-order valence-corrected chi connectivity index (χ2v) is 7.62. The van der Waals surface area contributed by atoms with Crippen molar-refractivity contribution in [3.8, 4) is 12.3 Å². The molecule has 0 aliphatic carbocycles. The summed E-state index contributed by atoms with van der Waals surface area (Å²) in [6.45, 7) is 7.06. The number of amides is 1. The van der Waals surface area contributed by atoms with E-state index in [1.165, 1.54) is 24.1 Å². The van der Waals surface area contributed by atoms with Crippen LogP contribution in [0.15, 0.2) is 53.5 Å². The Morgan fingerprint density at radius 3 is 2.71 bits per heavy atom. The van der Waals surface area contributed by atoms with E-state index in [-0.39, 0.29) is 18.5 Å². The molecule has 6 nitrogen and oxygen atoms in total. The van der Waals surface area contributed by atoms with Crippen molar-refractivity contribution in [1.29, 1.82) is 0 Å². The summed E-state index contributed by atoms with van der Waals surface area (Å²) in [5.41, 5.74) is 3.84. The standard InChI is InChI=1S/C25H31N5O/c1-4-20-10-8-12-22(16-20)29-24(31)18-27-25(26-5-2)28-19(3)21-11-9-13-23(17-21)30-14-6-7-15-30/h1,8-13,16-17,19H,5-7,14-15,18H2,2-3H3,(H,29,31)(H2,26,27,28). The van der Waals surface area contributed by atoms with E-state index in [9.17, 15) is 4.79 Å². The zero-order valence-electron chi connectivity index (χ0n) is 18.3. The van der Waals surface area contributed by atoms with Crippen LogP contribution in [0.4, 0.5) is 11.4 Å². The maximum absolute atomic E-state index is 12.3. The van der Waals surface area contributed by atoms with Gasteiger partial charge in [0.2, 0.25) is 5.91 Å². The number of guanidine groups is 1. The zero-order chi connectivity index (χ0) is 22.1. The highest BCUT2D eigenvalue weighted by molar-refractivity contribution is 5.94. The molecule has 162 valence electrons. The topological polar surface area (TPSA) is 68.8 Å². The van der Waals surface area contributed by atoms with E-state index in [0.29, 0.717) is 18.2 Å². The minimum Gasteiger partial charge on any atom is -0.372 e. The van der Waals surface area contributed by atoms with Crippen molar-refractivity contribution < 1.29 is 4.79 Å². The fourth-order valence-electron chi connectivity index (χ4n) is 3.61. The van der Waals surface area contributed by atoms with Crippen LogP contribution in [-0.2, 0) is 4.79 Å². The first kappa shape index (κ1) is 22.2. The predicted octanol–water partition coefficient (Wildman–Crippen LogP) is 3.52. The van der Waals surface area contributed by atoms with Crippen molar-refractivity contribution in [2.75, 3.05) is 36.4 Å². The summed E-state index contributed by atoms with van der Waals surface area (Å²) in [7, 11) is 0. The molecule has 1 saturated heterocycles. The quantitative estimate of drug-likeness (QED) is 0.366. The number of hydrogen-bond acceptors (Lipinski definition) is 3. The smallest absolute Gasteiger partial charge is 0.246 e. The molecule has 2 aromatic rings. The van der Waals surface area contributed by atoms with Crippen LogP contribution in [0.25, 0.3) is 0 Å². The molecule has 2 aromatic carbocycles. The van der Waals surface area contributed by atoms with Crippen LogP contribution in [0.1, 0.15) is 43.9 Å². The lowest BCUT2D eigenvalue weighted by Crippen LogP contribution is -2.39. The molecule has 0 radical (unpaired) electrons. The van der Waals surface area contributed by atoms with Crippen LogP contribution in [0.3, 0.4) is 0 Å². The molecule has 6 heteroatoms. The molecule has 1 aliphatic rings. The van der Waals surface area contributed by atoms with Crippen molar-refractivity contribution >= 4 is 23.2 Å². The number of anilines is 2. The van der Waals surface area contributed by atoms with E-state index in [4.69, 9.17) is 6.42 Å². The molecule has 1 aliphatic heterocycles. The van der Waals surface area contributed by atoms with Crippen LogP contribution in [0, 0.1) is 12.3 Å². The molecule has 0 spiro atoms. The Kier molecular flexibility index (Phi) is 7.94. The lowest BCUT2D eigenvalue weighted by Gasteiger charge is -2.22. The maximum Gasteiger partial charge on any atom is 0.246 e. The van der Waals surface area contributed by atoms with Gasteiger partial charge >= 0.3 is 0 Å². The SMILES string of the molecule is C#Cc1cccc(NC(=O)CN=C(NCC)NC(C)c2cccc(N3CCCC3)c2)c1. The summed E-state index contributed by atoms with van der Waals surface area (Å²) in [4.78, 5) is 19.2. The number of hydrogen-bond donors (Lipinski definition) is 3. The lowest BCUT2D eigenvalue weighted by molar-refractivity contribution is -0.114. The van der Waals surface area contributed by atoms with Gasteiger partial charge in [-0.05, 0) is 62.6 Å². The summed E-state index contributed by atoms with van der Waals surface area (Å²) in [5.74, 6) is 2.97. The molecule has 3 N–H and O–H groups in total. The fourth-order valence-corrected chi connectivity index (χ4v) is 3.61. The Balaban J connectivity index is 1.61. The van der Waals surface area contributed by atoms with Gasteiger partial charge < -0.3 is 20.9 Å². The minimum atomic E-state index is -0.199. The van der Waals surface area contributed by atoms with Gasteiger partial charge in [0.15, 0.2) is 5.96 Å². The summed E-state index contributed by atoms with van der Waals surface area (Å²) in [6.07, 6.45) is 7.93. The van der Waals surface area contributed by atoms with Crippen LogP contribution in [-0.4, -0.2) is 38.0 Å². The molecule has 3 rings (SSSR count). The monoisotopic (exact) mass is 417 g/mol. The molecule has 1 heterocycles. The number of aliphatic imine (C=N–C) groups is 1. The molecule has 1 unspecified atom stereocenters. The second-order valence-electron chi connectivity index (χ2n) is 7.62. The van der Waals surface area contributed by atoms with Crippen LogP contribution in [0.2, 0.25) is 0 Å². The van der Waals surface area contributed by atoms with Gasteiger partial charge in [-0.15, -0.1) is 6.42 Å². The summed E-state index contributed by atoms with van der Waals surface area (Å²) < 4.78 is 0. The number of benzene rings is 2. The largest absolute Gasteiger partial charge is 0.372 e. The lowest BCUT2D eigenvalue weighted by atomic mass is 10.1. The first-order chi connectivity index (χ1) is 15.1. The third kappa shape index (κ3) is 6.51. The van der Waals surface area contributed by atoms with Crippen LogP contribution < -0.4 is 20.9 Å². The summed E-state index contributed by atoms with van der Waals surface area (Å²) in [6, 6.07) is 15.9. The predicted molar refractivity (Wildman–Crippen MR) is 128 cm³/mol. The second kappa shape index (κ2) is 11.1. The molecule has 0 aromatic heterocycles. The van der Waals surface area contributed by atoms with Crippen molar-refractivity contribution in [2.24, 2.45) is 4.99 Å². The van der Waals surface area contributed by atoms with Crippen molar-refractivity contribution in [2.45, 2.75) is 32.7 Å². The highest BCUT2D eigenvalue weighted by atomic mass is 16.1. The Hall–Kier alpha value is -3.46. The molecule has 1 fully saturated rings. The van der Waals surface area contributed by atoms with Crippen LogP contribution >= 0.6 is 0 Å². The average molecular weight is 418 g/mol. The average Bonchev–Trinajstić information content (AvgIpc) is 3.33. The Morgan fingerprint density at radius 1 is 1.19 bits per heavy atom. The van der Waals surface area contributed by atoms with Crippen LogP contribution in [0.5, 0.6) is 0 Å². The number of carbonyl (C=O) groups is 1. The molecular weight excluding hydrogens is 386 g/mol. The number of nitrogens with zero attached hydrogens (tertiary/aromatic N) is 2. The van der Waals surface area contributed by atoms with Crippen molar-refractivity contribution in [3.05, 3.63) is 59.7 Å². The summed E-state index contributed by atoms with van der Waals surface area (Å²) in [5, 5.41) is 9.45. The van der Waals surface area contributed by atoms with Gasteiger partial charge in [0.1, 0.15) is 6.54 Å². The van der Waals surface area contributed by atoms with Gasteiger partial charge in [-0.25, -0.2) is 4.99 Å². The van der Waals surface area contributed by atoms with Crippen molar-refractivity contribution in [1.82, 2.24) is 10.6 Å². The Morgan fingerprint density at radius 2 is 1.97 bits per heavy atom. The van der Waals surface area contributed by atoms with Gasteiger partial charge in [0.25, 0.3) is 0 Å². The van der Waals surface area contributed by atoms with E-state index in [1.54, 1.807) is 12.1 Å². The van der Waals surface area contributed by atoms with Crippen molar-refractivity contribution in [3.63, 3.8) is 0 Å². The number of terminal acetylenes is 1. The third-order valence-electron chi connectivity index (χ3n) is 5.23. The highest BCUT2D eigenvalue weighted by Crippen LogP contribution is 2.23. The summed E-state index contributed by atoms with van der Waals surface area (Å²) >= 11 is 0. The van der Waals surface area contributed by atoms with Gasteiger partial charge in [-0.3, -0.25) is 4.79 Å². The van der Waals surface area contributed by atoms with Gasteiger partial charge in [-0.2, -0.15) is 0 Å². The Labute approximate surface area is 185 Å². The minimum absolute atomic E-state index is 0.0101. The fraction of sp³-hybridized carbons (Fsp3) is 0.360. The molecule has 1 amide bonds. The van der Waals surface area contributed by atoms with E-state index in [2.05, 4.69) is 63.0 Å². The number of rotatable bonds is 7. The first-order valence-electron chi connectivity index (χ1n) is 10.9. The van der Waals surface area contributed by atoms with Gasteiger partial charge in [0.05, 0.1) is 6.04 Å². The van der Waals surface area contributed by atoms with E-state index in [1.807, 2.05) is 19.1 Å². The molecule has 0 saturated carbocycles.